The number of piperidine rings is 1. The first kappa shape index (κ1) is 32.8. The van der Waals surface area contributed by atoms with Crippen LogP contribution in [0.1, 0.15) is 92.4 Å². The molecule has 1 spiro atoms. The topological polar surface area (TPSA) is 131 Å². The van der Waals surface area contributed by atoms with Crippen LogP contribution in [0.15, 0.2) is 0 Å². The average molecular weight is 584 g/mol. The largest absolute Gasteiger partial charge is 0.471 e. The number of nitriles is 1. The smallest absolute Gasteiger partial charge is 0.351 e. The molecule has 2 saturated heterocycles. The van der Waals surface area contributed by atoms with Crippen LogP contribution in [-0.2, 0) is 19.2 Å². The average Bonchev–Trinajstić information content (AvgIpc) is 3.18. The molecular weight excluding hydrogens is 539 g/mol. The molecule has 0 bridgehead atoms. The lowest BCUT2D eigenvalue weighted by atomic mass is 9.72. The van der Waals surface area contributed by atoms with Crippen molar-refractivity contribution in [1.29, 1.82) is 5.26 Å². The Kier molecular flexibility index (Phi) is 9.83. The van der Waals surface area contributed by atoms with E-state index in [0.29, 0.717) is 19.4 Å². The highest BCUT2D eigenvalue weighted by Crippen LogP contribution is 2.46. The number of hydrogen-bond donors (Lipinski definition) is 3. The van der Waals surface area contributed by atoms with Gasteiger partial charge in [0.25, 0.3) is 0 Å². The number of amides is 3. The molecule has 0 aromatic rings. The zero-order valence-electron chi connectivity index (χ0n) is 24.7. The second-order valence-electron chi connectivity index (χ2n) is 14.0. The Morgan fingerprint density at radius 2 is 1.73 bits per heavy atom. The Hall–Kier alpha value is -2.68. The molecule has 4 unspecified atom stereocenters. The van der Waals surface area contributed by atoms with Crippen LogP contribution < -0.4 is 16.0 Å². The summed E-state index contributed by atoms with van der Waals surface area (Å²) in [5.74, 6) is -3.80. The number of ketones is 1. The van der Waals surface area contributed by atoms with Crippen LogP contribution in [0.3, 0.4) is 0 Å². The minimum atomic E-state index is -5.14. The molecule has 0 aromatic carbocycles. The van der Waals surface area contributed by atoms with Crippen molar-refractivity contribution in [2.45, 2.75) is 122 Å². The maximum atomic E-state index is 13.6. The number of likely N-dealkylation sites (tertiary alicyclic amines) is 1. The van der Waals surface area contributed by atoms with Crippen LogP contribution in [0.25, 0.3) is 0 Å². The predicted octanol–water partition coefficient (Wildman–Crippen LogP) is 3.38. The molecule has 0 aromatic heterocycles. The lowest BCUT2D eigenvalue weighted by Crippen LogP contribution is -2.56. The van der Waals surface area contributed by atoms with E-state index in [1.54, 1.807) is 25.7 Å². The summed E-state index contributed by atoms with van der Waals surface area (Å²) in [7, 11) is 0. The fraction of sp³-hybridized carbons (Fsp3) is 0.828. The van der Waals surface area contributed by atoms with Crippen LogP contribution in [0.5, 0.6) is 0 Å². The van der Waals surface area contributed by atoms with E-state index in [-0.39, 0.29) is 29.8 Å². The third-order valence-corrected chi connectivity index (χ3v) is 8.85. The van der Waals surface area contributed by atoms with Crippen molar-refractivity contribution in [1.82, 2.24) is 20.9 Å². The normalized spacial score (nSPS) is 26.0. The molecule has 2 aliphatic heterocycles. The van der Waals surface area contributed by atoms with Crippen molar-refractivity contribution in [3.05, 3.63) is 0 Å². The predicted molar refractivity (Wildman–Crippen MR) is 145 cm³/mol. The summed E-state index contributed by atoms with van der Waals surface area (Å²) in [4.78, 5) is 53.0. The van der Waals surface area contributed by atoms with E-state index in [0.717, 1.165) is 38.5 Å². The summed E-state index contributed by atoms with van der Waals surface area (Å²) >= 11 is 0. The number of halogens is 3. The number of carbonyl (C=O) groups is 4. The van der Waals surface area contributed by atoms with Crippen molar-refractivity contribution >= 4 is 23.5 Å². The van der Waals surface area contributed by atoms with Crippen LogP contribution >= 0.6 is 0 Å². The zero-order chi connectivity index (χ0) is 30.8. The molecule has 0 radical (unpaired) electrons. The minimum Gasteiger partial charge on any atom is -0.351 e. The van der Waals surface area contributed by atoms with Crippen LogP contribution in [-0.4, -0.2) is 71.3 Å². The Balaban J connectivity index is 1.76. The van der Waals surface area contributed by atoms with E-state index in [1.165, 1.54) is 0 Å². The van der Waals surface area contributed by atoms with Crippen LogP contribution in [0.4, 0.5) is 13.2 Å². The van der Waals surface area contributed by atoms with E-state index < -0.39 is 53.2 Å². The van der Waals surface area contributed by atoms with Gasteiger partial charge < -0.3 is 16.0 Å². The Morgan fingerprint density at radius 1 is 1.10 bits per heavy atom. The molecule has 3 fully saturated rings. The summed E-state index contributed by atoms with van der Waals surface area (Å²) in [5, 5.41) is 17.4. The van der Waals surface area contributed by atoms with Gasteiger partial charge in [0, 0.05) is 18.0 Å². The van der Waals surface area contributed by atoms with Gasteiger partial charge in [-0.1, -0.05) is 40.0 Å². The highest BCUT2D eigenvalue weighted by atomic mass is 19.4. The van der Waals surface area contributed by atoms with Crippen LogP contribution in [0.2, 0.25) is 0 Å². The van der Waals surface area contributed by atoms with Crippen molar-refractivity contribution in [2.75, 3.05) is 13.1 Å². The molecule has 12 heteroatoms. The van der Waals surface area contributed by atoms with Crippen molar-refractivity contribution in [3.63, 3.8) is 0 Å². The highest BCUT2D eigenvalue weighted by molar-refractivity contribution is 5.93. The molecule has 4 atom stereocenters. The summed E-state index contributed by atoms with van der Waals surface area (Å²) in [6.45, 7) is 8.70. The summed E-state index contributed by atoms with van der Waals surface area (Å²) in [5.41, 5.74) is -1.53. The number of Topliss-reactive ketones (excluding diaryl/α,β-unsaturated/α-hetero) is 1. The second-order valence-corrected chi connectivity index (χ2v) is 14.0. The van der Waals surface area contributed by atoms with Crippen molar-refractivity contribution in [3.8, 4) is 6.07 Å². The van der Waals surface area contributed by atoms with Gasteiger partial charge in [-0.05, 0) is 63.2 Å². The summed E-state index contributed by atoms with van der Waals surface area (Å²) in [6.07, 6.45) is 1.62. The van der Waals surface area contributed by atoms with Gasteiger partial charge in [-0.25, -0.2) is 0 Å². The molecule has 3 N–H and O–H groups in total. The van der Waals surface area contributed by atoms with Gasteiger partial charge in [0.1, 0.15) is 6.04 Å². The van der Waals surface area contributed by atoms with Gasteiger partial charge in [-0.3, -0.25) is 24.1 Å². The standard InChI is InChI=1S/C29H44F3N5O4/c1-26(2,3)22(35-25(41)29(30,31)32)21(38)16-37-17-28(10-7-6-8-11-28)14-20(37)24(40)34-19(15-33)13-18-9-12-27(4,5)36-23(18)39/h18-20,22H,6-14,16-17H2,1-5H3,(H,34,40)(H,35,41)(H,36,39). The maximum Gasteiger partial charge on any atom is 0.471 e. The van der Waals surface area contributed by atoms with E-state index in [2.05, 4.69) is 16.7 Å². The summed E-state index contributed by atoms with van der Waals surface area (Å²) in [6, 6.07) is -0.986. The SMILES string of the molecule is CC1(C)CCC(CC(C#N)NC(=O)C2CC3(CCCCC3)CN2CC(=O)C(NC(=O)C(F)(F)F)C(C)(C)C)C(=O)N1. The first-order valence-corrected chi connectivity index (χ1v) is 14.5. The lowest BCUT2D eigenvalue weighted by Gasteiger charge is -2.36. The second kappa shape index (κ2) is 12.3. The van der Waals surface area contributed by atoms with Crippen molar-refractivity contribution < 1.29 is 32.3 Å². The number of nitrogens with zero attached hydrogens (tertiary/aromatic N) is 2. The summed E-state index contributed by atoms with van der Waals surface area (Å²) < 4.78 is 39.1. The molecule has 1 aliphatic carbocycles. The first-order chi connectivity index (χ1) is 18.9. The van der Waals surface area contributed by atoms with Gasteiger partial charge in [0.15, 0.2) is 5.78 Å². The van der Waals surface area contributed by atoms with E-state index >= 15 is 0 Å². The lowest BCUT2D eigenvalue weighted by molar-refractivity contribution is -0.175. The molecule has 41 heavy (non-hydrogen) atoms. The molecule has 2 heterocycles. The van der Waals surface area contributed by atoms with Crippen molar-refractivity contribution in [2.24, 2.45) is 16.7 Å². The number of hydrogen-bond acceptors (Lipinski definition) is 6. The third-order valence-electron chi connectivity index (χ3n) is 8.85. The molecule has 1 saturated carbocycles. The first-order valence-electron chi connectivity index (χ1n) is 14.5. The number of alkyl halides is 3. The van der Waals surface area contributed by atoms with E-state index in [9.17, 15) is 37.6 Å². The Labute approximate surface area is 240 Å². The van der Waals surface area contributed by atoms with Gasteiger partial charge in [0.05, 0.1) is 24.7 Å². The molecule has 3 rings (SSSR count). The fourth-order valence-electron chi connectivity index (χ4n) is 6.60. The van der Waals surface area contributed by atoms with E-state index in [1.807, 2.05) is 19.2 Å². The third kappa shape index (κ3) is 8.43. The monoisotopic (exact) mass is 583 g/mol. The highest BCUT2D eigenvalue weighted by Gasteiger charge is 2.49. The number of rotatable bonds is 8. The van der Waals surface area contributed by atoms with Gasteiger partial charge >= 0.3 is 12.1 Å². The maximum absolute atomic E-state index is 13.6. The quantitative estimate of drug-likeness (QED) is 0.402. The Bertz CT molecular complexity index is 1060. The van der Waals surface area contributed by atoms with Crippen LogP contribution in [0, 0.1) is 28.1 Å². The van der Waals surface area contributed by atoms with Gasteiger partial charge in [0.2, 0.25) is 11.8 Å². The molecule has 3 aliphatic rings. The minimum absolute atomic E-state index is 0.154. The zero-order valence-corrected chi connectivity index (χ0v) is 24.7. The molecule has 230 valence electrons. The number of nitrogens with one attached hydrogen (secondary N) is 3. The molecule has 3 amide bonds. The molecular formula is C29H44F3N5O4. The molecule has 9 nitrogen and oxygen atoms in total. The number of carbonyl (C=O) groups excluding carboxylic acids is 4. The van der Waals surface area contributed by atoms with Gasteiger partial charge in [-0.15, -0.1) is 0 Å². The van der Waals surface area contributed by atoms with E-state index in [4.69, 9.17) is 0 Å². The van der Waals surface area contributed by atoms with Gasteiger partial charge in [-0.2, -0.15) is 18.4 Å². The Morgan fingerprint density at radius 3 is 2.27 bits per heavy atom. The fourth-order valence-corrected chi connectivity index (χ4v) is 6.60.